The van der Waals surface area contributed by atoms with Crippen molar-refractivity contribution in [3.8, 4) is 0 Å². The van der Waals surface area contributed by atoms with E-state index in [1.54, 1.807) is 0 Å². The van der Waals surface area contributed by atoms with Crippen molar-refractivity contribution in [2.45, 2.75) is 6.92 Å². The van der Waals surface area contributed by atoms with Crippen LogP contribution in [0.4, 0.5) is 0 Å². The van der Waals surface area contributed by atoms with Crippen molar-refractivity contribution in [3.05, 3.63) is 60.2 Å². The monoisotopic (exact) mass is 225 g/mol. The fraction of sp³-hybridized carbons (Fsp3) is 0.133. The Labute approximate surface area is 101 Å². The van der Waals surface area contributed by atoms with Gasteiger partial charge in [-0.2, -0.15) is 0 Å². The molecule has 17 heavy (non-hydrogen) atoms. The minimum absolute atomic E-state index is 0.0335. The van der Waals surface area contributed by atoms with Gasteiger partial charge in [-0.3, -0.25) is 4.79 Å². The summed E-state index contributed by atoms with van der Waals surface area (Å²) in [5.74, 6) is -0.0335. The lowest BCUT2D eigenvalue weighted by atomic mass is 10.1. The number of rotatable bonds is 3. The Balaban J connectivity index is 2.21. The van der Waals surface area contributed by atoms with Crippen LogP contribution in [0.25, 0.3) is 10.8 Å². The zero-order chi connectivity index (χ0) is 12.1. The summed E-state index contributed by atoms with van der Waals surface area (Å²) >= 11 is 0. The normalized spacial score (nSPS) is 10.9. The second kappa shape index (κ2) is 5.30. The lowest BCUT2D eigenvalue weighted by Crippen LogP contribution is -2.23. The second-order valence-corrected chi connectivity index (χ2v) is 3.84. The van der Waals surface area contributed by atoms with Crippen LogP contribution in [0, 0.1) is 0 Å². The summed E-state index contributed by atoms with van der Waals surface area (Å²) in [7, 11) is 0. The van der Waals surface area contributed by atoms with Crippen molar-refractivity contribution in [1.29, 1.82) is 0 Å². The van der Waals surface area contributed by atoms with Gasteiger partial charge >= 0.3 is 0 Å². The minimum Gasteiger partial charge on any atom is -0.349 e. The van der Waals surface area contributed by atoms with E-state index >= 15 is 0 Å². The van der Waals surface area contributed by atoms with Crippen molar-refractivity contribution in [1.82, 2.24) is 5.32 Å². The number of benzene rings is 2. The molecule has 0 unspecified atom stereocenters. The van der Waals surface area contributed by atoms with Crippen LogP contribution in [-0.2, 0) is 0 Å². The lowest BCUT2D eigenvalue weighted by molar-refractivity contribution is 0.0958. The number of carbonyl (C=O) groups excluding carboxylic acids is 1. The number of carbonyl (C=O) groups is 1. The molecule has 0 fully saturated rings. The van der Waals surface area contributed by atoms with Gasteiger partial charge in [0.25, 0.3) is 5.91 Å². The van der Waals surface area contributed by atoms with Gasteiger partial charge in [-0.05, 0) is 29.8 Å². The van der Waals surface area contributed by atoms with Crippen LogP contribution >= 0.6 is 0 Å². The first-order chi connectivity index (χ1) is 8.31. The van der Waals surface area contributed by atoms with Crippen LogP contribution in [0.1, 0.15) is 17.3 Å². The molecule has 0 aliphatic heterocycles. The minimum atomic E-state index is -0.0335. The molecule has 0 spiro atoms. The first-order valence-electron chi connectivity index (χ1n) is 5.69. The Kier molecular flexibility index (Phi) is 3.55. The Morgan fingerprint density at radius 2 is 1.94 bits per heavy atom. The summed E-state index contributed by atoms with van der Waals surface area (Å²) in [6, 6.07) is 13.8. The van der Waals surface area contributed by atoms with Crippen molar-refractivity contribution in [2.24, 2.45) is 0 Å². The first-order valence-corrected chi connectivity index (χ1v) is 5.69. The van der Waals surface area contributed by atoms with Gasteiger partial charge in [-0.1, -0.05) is 42.5 Å². The molecule has 2 rings (SSSR count). The third-order valence-corrected chi connectivity index (χ3v) is 2.63. The molecule has 1 N–H and O–H groups in total. The number of amides is 1. The van der Waals surface area contributed by atoms with Gasteiger partial charge in [0.1, 0.15) is 0 Å². The van der Waals surface area contributed by atoms with Crippen LogP contribution in [-0.4, -0.2) is 12.5 Å². The molecule has 0 aromatic heterocycles. The molecule has 0 saturated heterocycles. The number of nitrogens with one attached hydrogen (secondary N) is 1. The third-order valence-electron chi connectivity index (χ3n) is 2.63. The van der Waals surface area contributed by atoms with Crippen LogP contribution < -0.4 is 5.32 Å². The molecule has 0 saturated carbocycles. The molecule has 2 heteroatoms. The highest BCUT2D eigenvalue weighted by atomic mass is 16.1. The summed E-state index contributed by atoms with van der Waals surface area (Å²) < 4.78 is 0. The fourth-order valence-electron chi connectivity index (χ4n) is 1.70. The average molecular weight is 225 g/mol. The largest absolute Gasteiger partial charge is 0.349 e. The van der Waals surface area contributed by atoms with E-state index in [0.717, 1.165) is 10.8 Å². The maximum absolute atomic E-state index is 11.8. The summed E-state index contributed by atoms with van der Waals surface area (Å²) in [6.07, 6.45) is 3.83. The highest BCUT2D eigenvalue weighted by Gasteiger charge is 2.04. The molecule has 2 nitrogen and oxygen atoms in total. The molecule has 86 valence electrons. The summed E-state index contributed by atoms with van der Waals surface area (Å²) in [5, 5.41) is 5.08. The van der Waals surface area contributed by atoms with Crippen LogP contribution in [0.15, 0.2) is 54.6 Å². The quantitative estimate of drug-likeness (QED) is 0.799. The Bertz CT molecular complexity index is 558. The fourth-order valence-corrected chi connectivity index (χ4v) is 1.70. The molecule has 0 aliphatic carbocycles. The number of hydrogen-bond acceptors (Lipinski definition) is 1. The Morgan fingerprint density at radius 1 is 1.18 bits per heavy atom. The molecule has 1 amide bonds. The predicted molar refractivity (Wildman–Crippen MR) is 71.1 cm³/mol. The Hall–Kier alpha value is -2.09. The van der Waals surface area contributed by atoms with Crippen LogP contribution in [0.2, 0.25) is 0 Å². The molecular formula is C15H15NO. The number of allylic oxidation sites excluding steroid dienone is 1. The van der Waals surface area contributed by atoms with Crippen molar-refractivity contribution in [3.63, 3.8) is 0 Å². The zero-order valence-electron chi connectivity index (χ0n) is 9.81. The van der Waals surface area contributed by atoms with Gasteiger partial charge in [0, 0.05) is 12.1 Å². The number of hydrogen-bond donors (Lipinski definition) is 1. The molecule has 0 aliphatic rings. The molecule has 0 radical (unpaired) electrons. The van der Waals surface area contributed by atoms with Gasteiger partial charge in [0.2, 0.25) is 0 Å². The smallest absolute Gasteiger partial charge is 0.251 e. The summed E-state index contributed by atoms with van der Waals surface area (Å²) in [6.45, 7) is 2.50. The van der Waals surface area contributed by atoms with E-state index in [1.807, 2.05) is 61.5 Å². The van der Waals surface area contributed by atoms with E-state index in [4.69, 9.17) is 0 Å². The molecule has 0 heterocycles. The molecule has 2 aromatic carbocycles. The van der Waals surface area contributed by atoms with Crippen molar-refractivity contribution >= 4 is 16.7 Å². The Morgan fingerprint density at radius 3 is 2.71 bits per heavy atom. The standard InChI is InChI=1S/C15H15NO/c1-2-3-10-16-15(17)14-9-8-12-6-4-5-7-13(12)11-14/h2-9,11H,10H2,1H3,(H,16,17). The number of fused-ring (bicyclic) bond motifs is 1. The SMILES string of the molecule is CC=CCNC(=O)c1ccc2ccccc2c1. The van der Waals surface area contributed by atoms with Gasteiger partial charge in [0.15, 0.2) is 0 Å². The van der Waals surface area contributed by atoms with Crippen LogP contribution in [0.3, 0.4) is 0 Å². The molecule has 0 atom stereocenters. The third kappa shape index (κ3) is 2.72. The topological polar surface area (TPSA) is 29.1 Å². The maximum Gasteiger partial charge on any atom is 0.251 e. The maximum atomic E-state index is 11.8. The lowest BCUT2D eigenvalue weighted by Gasteiger charge is -2.04. The van der Waals surface area contributed by atoms with E-state index in [1.165, 1.54) is 0 Å². The summed E-state index contributed by atoms with van der Waals surface area (Å²) in [4.78, 5) is 11.8. The molecule has 2 aromatic rings. The van der Waals surface area contributed by atoms with Gasteiger partial charge in [0.05, 0.1) is 0 Å². The van der Waals surface area contributed by atoms with Crippen LogP contribution in [0.5, 0.6) is 0 Å². The first kappa shape index (κ1) is 11.4. The van der Waals surface area contributed by atoms with E-state index < -0.39 is 0 Å². The van der Waals surface area contributed by atoms with Crippen molar-refractivity contribution < 1.29 is 4.79 Å². The van der Waals surface area contributed by atoms with E-state index in [-0.39, 0.29) is 5.91 Å². The molecule has 0 bridgehead atoms. The van der Waals surface area contributed by atoms with Crippen molar-refractivity contribution in [2.75, 3.05) is 6.54 Å². The zero-order valence-corrected chi connectivity index (χ0v) is 9.81. The molecular weight excluding hydrogens is 210 g/mol. The predicted octanol–water partition coefficient (Wildman–Crippen LogP) is 3.15. The van der Waals surface area contributed by atoms with Gasteiger partial charge in [-0.25, -0.2) is 0 Å². The van der Waals surface area contributed by atoms with Gasteiger partial charge < -0.3 is 5.32 Å². The second-order valence-electron chi connectivity index (χ2n) is 3.84. The van der Waals surface area contributed by atoms with E-state index in [2.05, 4.69) is 5.32 Å². The summed E-state index contributed by atoms with van der Waals surface area (Å²) in [5.41, 5.74) is 0.702. The highest BCUT2D eigenvalue weighted by molar-refractivity contribution is 5.98. The van der Waals surface area contributed by atoms with E-state index in [0.29, 0.717) is 12.1 Å². The average Bonchev–Trinajstić information content (AvgIpc) is 2.38. The van der Waals surface area contributed by atoms with Gasteiger partial charge in [-0.15, -0.1) is 0 Å². The van der Waals surface area contributed by atoms with E-state index in [9.17, 15) is 4.79 Å². The highest BCUT2D eigenvalue weighted by Crippen LogP contribution is 2.15.